The summed E-state index contributed by atoms with van der Waals surface area (Å²) in [4.78, 5) is 4.86. The predicted molar refractivity (Wildman–Crippen MR) is 80.6 cm³/mol. The lowest BCUT2D eigenvalue weighted by molar-refractivity contribution is 0.136. The molecule has 0 saturated heterocycles. The summed E-state index contributed by atoms with van der Waals surface area (Å²) in [6, 6.07) is 4.79. The Morgan fingerprint density at radius 3 is 2.61 bits per heavy atom. The molecule has 100 valence electrons. The molecule has 1 aromatic rings. The fourth-order valence-electron chi connectivity index (χ4n) is 1.71. The SMILES string of the molecule is CC(N(C)Cc1ccc(C#CCN)s1)C(C)(C)C. The molecule has 0 saturated carbocycles. The van der Waals surface area contributed by atoms with Crippen LogP contribution in [0.5, 0.6) is 0 Å². The second-order valence-electron chi connectivity index (χ2n) is 5.73. The zero-order chi connectivity index (χ0) is 13.8. The van der Waals surface area contributed by atoms with Gasteiger partial charge in [-0.15, -0.1) is 11.3 Å². The summed E-state index contributed by atoms with van der Waals surface area (Å²) in [6.45, 7) is 10.5. The lowest BCUT2D eigenvalue weighted by atomic mass is 9.87. The number of rotatable bonds is 3. The van der Waals surface area contributed by atoms with E-state index in [1.807, 2.05) is 0 Å². The Morgan fingerprint density at radius 2 is 2.06 bits per heavy atom. The molecule has 0 radical (unpaired) electrons. The molecule has 2 N–H and O–H groups in total. The Morgan fingerprint density at radius 1 is 1.39 bits per heavy atom. The van der Waals surface area contributed by atoms with Gasteiger partial charge in [0.05, 0.1) is 11.4 Å². The van der Waals surface area contributed by atoms with Crippen molar-refractivity contribution >= 4 is 11.3 Å². The maximum atomic E-state index is 5.37. The minimum absolute atomic E-state index is 0.300. The van der Waals surface area contributed by atoms with Gasteiger partial charge in [0.1, 0.15) is 0 Å². The Balaban J connectivity index is 2.65. The van der Waals surface area contributed by atoms with Gasteiger partial charge in [0.25, 0.3) is 0 Å². The lowest BCUT2D eigenvalue weighted by Crippen LogP contribution is -2.38. The predicted octanol–water partition coefficient (Wildman–Crippen LogP) is 2.92. The Hall–Kier alpha value is -0.820. The minimum atomic E-state index is 0.300. The van der Waals surface area contributed by atoms with Gasteiger partial charge in [-0.1, -0.05) is 32.6 Å². The second-order valence-corrected chi connectivity index (χ2v) is 6.90. The summed E-state index contributed by atoms with van der Waals surface area (Å²) in [5.74, 6) is 5.98. The molecule has 0 aliphatic rings. The molecule has 1 aromatic heterocycles. The van der Waals surface area contributed by atoms with Crippen LogP contribution in [0.15, 0.2) is 12.1 Å². The van der Waals surface area contributed by atoms with Crippen LogP contribution in [0.3, 0.4) is 0 Å². The van der Waals surface area contributed by atoms with Crippen molar-refractivity contribution in [3.63, 3.8) is 0 Å². The van der Waals surface area contributed by atoms with E-state index in [2.05, 4.69) is 63.6 Å². The molecule has 0 aromatic carbocycles. The number of hydrogen-bond acceptors (Lipinski definition) is 3. The molecule has 3 heteroatoms. The van der Waals surface area contributed by atoms with Crippen molar-refractivity contribution in [3.8, 4) is 11.8 Å². The number of nitrogens with two attached hydrogens (primary N) is 1. The summed E-state index contributed by atoms with van der Waals surface area (Å²) in [6.07, 6.45) is 0. The maximum Gasteiger partial charge on any atom is 0.0772 e. The number of hydrogen-bond donors (Lipinski definition) is 1. The highest BCUT2D eigenvalue weighted by Crippen LogP contribution is 2.25. The molecular weight excluding hydrogens is 240 g/mol. The minimum Gasteiger partial charge on any atom is -0.320 e. The fourth-order valence-corrected chi connectivity index (χ4v) is 2.66. The van der Waals surface area contributed by atoms with E-state index in [0.717, 1.165) is 11.4 Å². The van der Waals surface area contributed by atoms with Crippen LogP contribution in [-0.2, 0) is 6.54 Å². The lowest BCUT2D eigenvalue weighted by Gasteiger charge is -2.35. The van der Waals surface area contributed by atoms with Crippen LogP contribution in [0.25, 0.3) is 0 Å². The summed E-state index contributed by atoms with van der Waals surface area (Å²) < 4.78 is 0. The van der Waals surface area contributed by atoms with Crippen molar-refractivity contribution < 1.29 is 0 Å². The van der Waals surface area contributed by atoms with Gasteiger partial charge in [0.15, 0.2) is 0 Å². The molecule has 0 spiro atoms. The normalized spacial score (nSPS) is 13.3. The van der Waals surface area contributed by atoms with Crippen LogP contribution in [0.2, 0.25) is 0 Å². The zero-order valence-corrected chi connectivity index (χ0v) is 12.9. The molecule has 1 atom stereocenters. The van der Waals surface area contributed by atoms with E-state index < -0.39 is 0 Å². The Labute approximate surface area is 115 Å². The van der Waals surface area contributed by atoms with Crippen molar-refractivity contribution in [2.75, 3.05) is 13.6 Å². The number of thiophene rings is 1. The fraction of sp³-hybridized carbons (Fsp3) is 0.600. The Kier molecular flexibility index (Phi) is 5.40. The molecule has 0 fully saturated rings. The van der Waals surface area contributed by atoms with Crippen LogP contribution in [0.1, 0.15) is 37.4 Å². The third-order valence-corrected chi connectivity index (χ3v) is 4.28. The van der Waals surface area contributed by atoms with Crippen LogP contribution in [0, 0.1) is 17.3 Å². The van der Waals surface area contributed by atoms with E-state index in [1.54, 1.807) is 11.3 Å². The topological polar surface area (TPSA) is 29.3 Å². The molecule has 0 aliphatic carbocycles. The molecule has 0 aliphatic heterocycles. The average molecular weight is 264 g/mol. The quantitative estimate of drug-likeness (QED) is 0.851. The third kappa shape index (κ3) is 4.45. The maximum absolute atomic E-state index is 5.37. The smallest absolute Gasteiger partial charge is 0.0772 e. The molecule has 1 heterocycles. The van der Waals surface area contributed by atoms with Gasteiger partial charge in [-0.3, -0.25) is 4.90 Å². The van der Waals surface area contributed by atoms with Crippen molar-refractivity contribution in [2.45, 2.75) is 40.3 Å². The van der Waals surface area contributed by atoms with Gasteiger partial charge in [0.2, 0.25) is 0 Å². The van der Waals surface area contributed by atoms with Gasteiger partial charge in [-0.25, -0.2) is 0 Å². The van der Waals surface area contributed by atoms with Crippen LogP contribution < -0.4 is 5.73 Å². The van der Waals surface area contributed by atoms with Gasteiger partial charge in [-0.05, 0) is 31.5 Å². The van der Waals surface area contributed by atoms with Crippen molar-refractivity contribution in [2.24, 2.45) is 11.1 Å². The molecule has 1 rings (SSSR count). The largest absolute Gasteiger partial charge is 0.320 e. The highest BCUT2D eigenvalue weighted by molar-refractivity contribution is 7.12. The highest BCUT2D eigenvalue weighted by atomic mass is 32.1. The van der Waals surface area contributed by atoms with Crippen molar-refractivity contribution in [1.29, 1.82) is 0 Å². The molecular formula is C15H24N2S. The van der Waals surface area contributed by atoms with Crippen LogP contribution in [-0.4, -0.2) is 24.5 Å². The number of nitrogens with zero attached hydrogens (tertiary/aromatic N) is 1. The van der Waals surface area contributed by atoms with Crippen molar-refractivity contribution in [1.82, 2.24) is 4.90 Å². The molecule has 18 heavy (non-hydrogen) atoms. The third-order valence-electron chi connectivity index (χ3n) is 3.30. The van der Waals surface area contributed by atoms with E-state index in [-0.39, 0.29) is 0 Å². The van der Waals surface area contributed by atoms with Gasteiger partial charge >= 0.3 is 0 Å². The van der Waals surface area contributed by atoms with E-state index in [0.29, 0.717) is 18.0 Å². The summed E-state index contributed by atoms with van der Waals surface area (Å²) >= 11 is 1.76. The second kappa shape index (κ2) is 6.38. The van der Waals surface area contributed by atoms with Gasteiger partial charge < -0.3 is 5.73 Å². The van der Waals surface area contributed by atoms with E-state index in [1.165, 1.54) is 4.88 Å². The molecule has 0 amide bonds. The van der Waals surface area contributed by atoms with E-state index >= 15 is 0 Å². The first-order chi connectivity index (χ1) is 8.34. The highest BCUT2D eigenvalue weighted by Gasteiger charge is 2.23. The molecule has 0 bridgehead atoms. The van der Waals surface area contributed by atoms with Gasteiger partial charge in [-0.2, -0.15) is 0 Å². The van der Waals surface area contributed by atoms with Gasteiger partial charge in [0, 0.05) is 17.5 Å². The summed E-state index contributed by atoms with van der Waals surface area (Å²) in [5.41, 5.74) is 5.67. The average Bonchev–Trinajstić information content (AvgIpc) is 2.71. The molecule has 1 unspecified atom stereocenters. The van der Waals surface area contributed by atoms with Crippen molar-refractivity contribution in [3.05, 3.63) is 21.9 Å². The molecule has 2 nitrogen and oxygen atoms in total. The van der Waals surface area contributed by atoms with E-state index in [4.69, 9.17) is 5.73 Å². The first-order valence-corrected chi connectivity index (χ1v) is 7.14. The summed E-state index contributed by atoms with van der Waals surface area (Å²) in [5, 5.41) is 0. The van der Waals surface area contributed by atoms with Crippen LogP contribution >= 0.6 is 11.3 Å². The first-order valence-electron chi connectivity index (χ1n) is 6.32. The summed E-state index contributed by atoms with van der Waals surface area (Å²) in [7, 11) is 2.18. The standard InChI is InChI=1S/C15H24N2S/c1-12(15(2,3)4)17(5)11-14-9-8-13(18-14)7-6-10-16/h8-9,12H,10-11,16H2,1-5H3. The van der Waals surface area contributed by atoms with Crippen LogP contribution in [0.4, 0.5) is 0 Å². The first kappa shape index (κ1) is 15.2. The Bertz CT molecular complexity index is 431. The monoisotopic (exact) mass is 264 g/mol. The van der Waals surface area contributed by atoms with E-state index in [9.17, 15) is 0 Å². The zero-order valence-electron chi connectivity index (χ0n) is 12.1.